The van der Waals surface area contributed by atoms with Crippen LogP contribution in [-0.2, 0) is 0 Å². The molecule has 6 rings (SSSR count). The van der Waals surface area contributed by atoms with Crippen molar-refractivity contribution in [1.82, 2.24) is 29.3 Å². The Balaban J connectivity index is 1.38. The average molecular weight is 419 g/mol. The molecule has 1 aliphatic heterocycles. The van der Waals surface area contributed by atoms with E-state index in [4.69, 9.17) is 0 Å². The standard InChI is InChI=1S/C24H27FN6/c1-4-29-8-5-19(12-24(29)6-7-24)30-14-18-10-17(11-20(25)22(18)28-30)21-9-15(2)23-26-16(3)13-31(23)27-21/h9-11,13-14,19H,4-8,12H2,1-3H3/t19-/m1/s1. The molecule has 31 heavy (non-hydrogen) atoms. The number of benzene rings is 1. The highest BCUT2D eigenvalue weighted by molar-refractivity contribution is 5.84. The zero-order valence-corrected chi connectivity index (χ0v) is 18.3. The summed E-state index contributed by atoms with van der Waals surface area (Å²) in [6.07, 6.45) is 8.65. The molecule has 1 aliphatic carbocycles. The fourth-order valence-corrected chi connectivity index (χ4v) is 5.43. The molecule has 1 spiro atoms. The van der Waals surface area contributed by atoms with Gasteiger partial charge in [-0.15, -0.1) is 0 Å². The number of aryl methyl sites for hydroxylation is 2. The number of hydrogen-bond acceptors (Lipinski definition) is 4. The third-order valence-corrected chi connectivity index (χ3v) is 7.21. The maximum absolute atomic E-state index is 15.1. The Kier molecular flexibility index (Phi) is 4.03. The van der Waals surface area contributed by atoms with E-state index in [0.717, 1.165) is 59.5 Å². The first kappa shape index (κ1) is 18.9. The summed E-state index contributed by atoms with van der Waals surface area (Å²) in [4.78, 5) is 7.13. The van der Waals surface area contributed by atoms with Crippen LogP contribution in [0, 0.1) is 19.7 Å². The summed E-state index contributed by atoms with van der Waals surface area (Å²) in [5.74, 6) is -0.292. The Hall–Kier alpha value is -2.80. The second-order valence-corrected chi connectivity index (χ2v) is 9.32. The molecule has 7 heteroatoms. The number of likely N-dealkylation sites (tertiary alicyclic amines) is 1. The van der Waals surface area contributed by atoms with Gasteiger partial charge < -0.3 is 0 Å². The predicted molar refractivity (Wildman–Crippen MR) is 119 cm³/mol. The van der Waals surface area contributed by atoms with E-state index in [1.54, 1.807) is 10.6 Å². The maximum Gasteiger partial charge on any atom is 0.156 e. The van der Waals surface area contributed by atoms with Gasteiger partial charge in [-0.25, -0.2) is 13.9 Å². The number of piperidine rings is 1. The normalized spacial score (nSPS) is 20.8. The van der Waals surface area contributed by atoms with Gasteiger partial charge in [-0.3, -0.25) is 9.58 Å². The molecule has 0 bridgehead atoms. The van der Waals surface area contributed by atoms with E-state index >= 15 is 4.39 Å². The molecule has 0 unspecified atom stereocenters. The molecule has 4 heterocycles. The van der Waals surface area contributed by atoms with Crippen LogP contribution >= 0.6 is 0 Å². The molecular formula is C24H27FN6. The van der Waals surface area contributed by atoms with Crippen molar-refractivity contribution < 1.29 is 4.39 Å². The number of halogens is 1. The Morgan fingerprint density at radius 3 is 2.74 bits per heavy atom. The van der Waals surface area contributed by atoms with E-state index in [0.29, 0.717) is 17.1 Å². The van der Waals surface area contributed by atoms with Crippen LogP contribution in [0.1, 0.15) is 49.9 Å². The molecule has 0 amide bonds. The minimum atomic E-state index is -0.292. The second-order valence-electron chi connectivity index (χ2n) is 9.32. The van der Waals surface area contributed by atoms with Crippen molar-refractivity contribution in [3.8, 4) is 11.3 Å². The molecule has 3 aromatic heterocycles. The maximum atomic E-state index is 15.1. The topological polar surface area (TPSA) is 51.2 Å². The fourth-order valence-electron chi connectivity index (χ4n) is 5.43. The number of imidazole rings is 1. The molecule has 1 saturated heterocycles. The van der Waals surface area contributed by atoms with Gasteiger partial charge in [0.25, 0.3) is 0 Å². The summed E-state index contributed by atoms with van der Waals surface area (Å²) < 4.78 is 18.9. The lowest BCUT2D eigenvalue weighted by Gasteiger charge is -2.39. The number of rotatable bonds is 3. The van der Waals surface area contributed by atoms with Gasteiger partial charge in [-0.1, -0.05) is 6.92 Å². The van der Waals surface area contributed by atoms with E-state index < -0.39 is 0 Å². The first-order valence-electron chi connectivity index (χ1n) is 11.2. The van der Waals surface area contributed by atoms with Crippen LogP contribution in [0.3, 0.4) is 0 Å². The molecule has 0 radical (unpaired) electrons. The van der Waals surface area contributed by atoms with E-state index in [1.807, 2.05) is 43.1 Å². The first-order valence-corrected chi connectivity index (χ1v) is 11.2. The fraction of sp³-hybridized carbons (Fsp3) is 0.458. The van der Waals surface area contributed by atoms with Gasteiger partial charge in [0.15, 0.2) is 11.5 Å². The van der Waals surface area contributed by atoms with Crippen molar-refractivity contribution in [2.24, 2.45) is 0 Å². The quantitative estimate of drug-likeness (QED) is 0.484. The third-order valence-electron chi connectivity index (χ3n) is 7.21. The van der Waals surface area contributed by atoms with Crippen molar-refractivity contribution in [1.29, 1.82) is 0 Å². The monoisotopic (exact) mass is 418 g/mol. The van der Waals surface area contributed by atoms with Crippen LogP contribution in [0.4, 0.5) is 4.39 Å². The first-order chi connectivity index (χ1) is 15.0. The highest BCUT2D eigenvalue weighted by Crippen LogP contribution is 2.51. The summed E-state index contributed by atoms with van der Waals surface area (Å²) in [6, 6.07) is 5.88. The summed E-state index contributed by atoms with van der Waals surface area (Å²) >= 11 is 0. The van der Waals surface area contributed by atoms with Crippen molar-refractivity contribution in [3.63, 3.8) is 0 Å². The number of aromatic nitrogens is 5. The molecular weight excluding hydrogens is 391 g/mol. The van der Waals surface area contributed by atoms with E-state index in [2.05, 4.69) is 27.0 Å². The molecule has 6 nitrogen and oxygen atoms in total. The lowest BCUT2D eigenvalue weighted by molar-refractivity contribution is 0.0988. The zero-order valence-electron chi connectivity index (χ0n) is 18.3. The van der Waals surface area contributed by atoms with Crippen LogP contribution in [0.2, 0.25) is 0 Å². The highest BCUT2D eigenvalue weighted by Gasteiger charge is 2.51. The van der Waals surface area contributed by atoms with Gasteiger partial charge in [-0.2, -0.15) is 10.2 Å². The summed E-state index contributed by atoms with van der Waals surface area (Å²) in [7, 11) is 0. The van der Waals surface area contributed by atoms with Gasteiger partial charge in [-0.05, 0) is 69.8 Å². The highest BCUT2D eigenvalue weighted by atomic mass is 19.1. The minimum absolute atomic E-state index is 0.292. The summed E-state index contributed by atoms with van der Waals surface area (Å²) in [6.45, 7) is 8.41. The predicted octanol–water partition coefficient (Wildman–Crippen LogP) is 4.69. The van der Waals surface area contributed by atoms with E-state index in [1.165, 1.54) is 12.8 Å². The zero-order chi connectivity index (χ0) is 21.3. The molecule has 1 saturated carbocycles. The molecule has 1 aromatic carbocycles. The van der Waals surface area contributed by atoms with Gasteiger partial charge in [0.05, 0.1) is 23.6 Å². The lowest BCUT2D eigenvalue weighted by Crippen LogP contribution is -2.44. The van der Waals surface area contributed by atoms with Gasteiger partial charge >= 0.3 is 0 Å². The summed E-state index contributed by atoms with van der Waals surface area (Å²) in [5, 5.41) is 10.2. The second kappa shape index (κ2) is 6.60. The molecule has 1 atom stereocenters. The van der Waals surface area contributed by atoms with Crippen LogP contribution < -0.4 is 0 Å². The Labute approximate surface area is 180 Å². The van der Waals surface area contributed by atoms with Crippen molar-refractivity contribution in [2.45, 2.75) is 58.0 Å². The van der Waals surface area contributed by atoms with E-state index in [9.17, 15) is 0 Å². The van der Waals surface area contributed by atoms with Crippen molar-refractivity contribution in [3.05, 3.63) is 47.7 Å². The molecule has 2 fully saturated rings. The Bertz CT molecular complexity index is 1310. The molecule has 160 valence electrons. The average Bonchev–Trinajstić information content (AvgIpc) is 3.19. The molecule has 2 aliphatic rings. The lowest BCUT2D eigenvalue weighted by atomic mass is 9.95. The smallest absolute Gasteiger partial charge is 0.156 e. The molecule has 4 aromatic rings. The largest absolute Gasteiger partial charge is 0.298 e. The third kappa shape index (κ3) is 2.97. The molecule has 0 N–H and O–H groups in total. The van der Waals surface area contributed by atoms with Crippen molar-refractivity contribution in [2.75, 3.05) is 13.1 Å². The van der Waals surface area contributed by atoms with Crippen LogP contribution in [-0.4, -0.2) is 47.9 Å². The Morgan fingerprint density at radius 2 is 1.97 bits per heavy atom. The van der Waals surface area contributed by atoms with Gasteiger partial charge in [0, 0.05) is 29.2 Å². The number of nitrogens with zero attached hydrogens (tertiary/aromatic N) is 6. The van der Waals surface area contributed by atoms with Gasteiger partial charge in [0.1, 0.15) is 5.52 Å². The van der Waals surface area contributed by atoms with Crippen LogP contribution in [0.15, 0.2) is 30.6 Å². The minimum Gasteiger partial charge on any atom is -0.298 e. The van der Waals surface area contributed by atoms with E-state index in [-0.39, 0.29) is 5.82 Å². The number of hydrogen-bond donors (Lipinski definition) is 0. The number of fused-ring (bicyclic) bond motifs is 2. The Morgan fingerprint density at radius 1 is 1.13 bits per heavy atom. The van der Waals surface area contributed by atoms with Crippen molar-refractivity contribution >= 4 is 16.6 Å². The van der Waals surface area contributed by atoms with Crippen LogP contribution in [0.5, 0.6) is 0 Å². The SMILES string of the molecule is CCN1CC[C@@H](n2cc3cc(-c4cc(C)c5nc(C)cn5n4)cc(F)c3n2)CC12CC2. The van der Waals surface area contributed by atoms with Gasteiger partial charge in [0.2, 0.25) is 0 Å². The summed E-state index contributed by atoms with van der Waals surface area (Å²) in [5.41, 5.74) is 5.08. The van der Waals surface area contributed by atoms with Crippen LogP contribution in [0.25, 0.3) is 27.8 Å².